The summed E-state index contributed by atoms with van der Waals surface area (Å²) in [5, 5.41) is 9.55. The van der Waals surface area contributed by atoms with Crippen LogP contribution in [-0.2, 0) is 11.2 Å². The van der Waals surface area contributed by atoms with Gasteiger partial charge in [0.1, 0.15) is 5.78 Å². The van der Waals surface area contributed by atoms with Gasteiger partial charge in [0.2, 0.25) is 0 Å². The van der Waals surface area contributed by atoms with Gasteiger partial charge in [0.05, 0.1) is 13.5 Å². The molecule has 23 heavy (non-hydrogen) atoms. The highest BCUT2D eigenvalue weighted by Crippen LogP contribution is 2.26. The summed E-state index contributed by atoms with van der Waals surface area (Å²) in [5.41, 5.74) is 2.37. The normalized spacial score (nSPS) is 10.3. The van der Waals surface area contributed by atoms with Crippen molar-refractivity contribution < 1.29 is 19.4 Å². The van der Waals surface area contributed by atoms with E-state index in [1.165, 1.54) is 13.2 Å². The van der Waals surface area contributed by atoms with Gasteiger partial charge in [-0.1, -0.05) is 30.3 Å². The second-order valence-corrected chi connectivity index (χ2v) is 5.46. The predicted octanol–water partition coefficient (Wildman–Crippen LogP) is 3.48. The molecule has 0 spiro atoms. The van der Waals surface area contributed by atoms with Gasteiger partial charge in [-0.05, 0) is 36.6 Å². The zero-order valence-electron chi connectivity index (χ0n) is 13.3. The predicted molar refractivity (Wildman–Crippen MR) is 88.1 cm³/mol. The van der Waals surface area contributed by atoms with Crippen molar-refractivity contribution in [2.45, 2.75) is 26.2 Å². The first-order valence-electron chi connectivity index (χ1n) is 7.47. The molecule has 0 bridgehead atoms. The lowest BCUT2D eigenvalue weighted by Crippen LogP contribution is -2.10. The molecular weight excluding hydrogens is 292 g/mol. The fourth-order valence-corrected chi connectivity index (χ4v) is 2.41. The van der Waals surface area contributed by atoms with E-state index in [9.17, 15) is 14.7 Å². The van der Waals surface area contributed by atoms with Gasteiger partial charge in [0.25, 0.3) is 0 Å². The van der Waals surface area contributed by atoms with Gasteiger partial charge in [0.15, 0.2) is 17.3 Å². The van der Waals surface area contributed by atoms with E-state index >= 15 is 0 Å². The van der Waals surface area contributed by atoms with Crippen molar-refractivity contribution in [3.8, 4) is 11.5 Å². The molecule has 120 valence electrons. The molecule has 0 unspecified atom stereocenters. The number of ether oxygens (including phenoxy) is 1. The summed E-state index contributed by atoms with van der Waals surface area (Å²) < 4.78 is 5.04. The van der Waals surface area contributed by atoms with Crippen LogP contribution in [0.4, 0.5) is 0 Å². The molecule has 0 radical (unpaired) electrons. The Labute approximate surface area is 135 Å². The third-order valence-corrected chi connectivity index (χ3v) is 3.74. The zero-order chi connectivity index (χ0) is 16.8. The maximum Gasteiger partial charge on any atom is 0.170 e. The van der Waals surface area contributed by atoms with Gasteiger partial charge in [-0.2, -0.15) is 0 Å². The number of phenols is 1. The zero-order valence-corrected chi connectivity index (χ0v) is 13.3. The number of hydrogen-bond donors (Lipinski definition) is 1. The summed E-state index contributed by atoms with van der Waals surface area (Å²) in [7, 11) is 1.48. The van der Waals surface area contributed by atoms with E-state index in [2.05, 4.69) is 0 Å². The monoisotopic (exact) mass is 312 g/mol. The Bertz CT molecular complexity index is 719. The fraction of sp³-hybridized carbons (Fsp3) is 0.263. The van der Waals surface area contributed by atoms with Crippen LogP contribution in [0.3, 0.4) is 0 Å². The molecule has 1 N–H and O–H groups in total. The quantitative estimate of drug-likeness (QED) is 0.628. The number of Topliss-reactive ketones (excluding diaryl/α,β-unsaturated/α-hetero) is 2. The summed E-state index contributed by atoms with van der Waals surface area (Å²) in [6, 6.07) is 12.3. The number of aryl methyl sites for hydroxylation is 2. The molecule has 4 nitrogen and oxygen atoms in total. The number of carbonyl (C=O) groups excluding carboxylic acids is 2. The third kappa shape index (κ3) is 4.42. The average molecular weight is 312 g/mol. The van der Waals surface area contributed by atoms with E-state index in [1.807, 2.05) is 19.1 Å². The summed E-state index contributed by atoms with van der Waals surface area (Å²) in [4.78, 5) is 24.2. The maximum atomic E-state index is 12.2. The lowest BCUT2D eigenvalue weighted by Gasteiger charge is -2.07. The van der Waals surface area contributed by atoms with Crippen LogP contribution in [0.2, 0.25) is 0 Å². The Morgan fingerprint density at radius 3 is 2.57 bits per heavy atom. The van der Waals surface area contributed by atoms with Gasteiger partial charge >= 0.3 is 0 Å². The molecule has 2 rings (SSSR count). The molecule has 0 aliphatic carbocycles. The molecular formula is C19H20O4. The smallest absolute Gasteiger partial charge is 0.170 e. The molecule has 0 aromatic heterocycles. The Balaban J connectivity index is 1.93. The van der Waals surface area contributed by atoms with E-state index in [0.29, 0.717) is 17.7 Å². The number of methoxy groups -OCH3 is 1. The van der Waals surface area contributed by atoms with Gasteiger partial charge in [-0.3, -0.25) is 9.59 Å². The summed E-state index contributed by atoms with van der Waals surface area (Å²) in [5.74, 6) is 0.213. The Morgan fingerprint density at radius 2 is 1.87 bits per heavy atom. The van der Waals surface area contributed by atoms with Crippen molar-refractivity contribution in [2.75, 3.05) is 7.11 Å². The average Bonchev–Trinajstić information content (AvgIpc) is 2.54. The van der Waals surface area contributed by atoms with E-state index < -0.39 is 0 Å². The van der Waals surface area contributed by atoms with Crippen LogP contribution in [0, 0.1) is 6.92 Å². The third-order valence-electron chi connectivity index (χ3n) is 3.74. The Kier molecular flexibility index (Phi) is 5.52. The number of aromatic hydroxyl groups is 1. The number of ketones is 2. The highest BCUT2D eigenvalue weighted by atomic mass is 16.5. The molecule has 0 heterocycles. The van der Waals surface area contributed by atoms with Crippen LogP contribution in [0.15, 0.2) is 42.5 Å². The number of rotatable bonds is 7. The summed E-state index contributed by atoms with van der Waals surface area (Å²) in [6.07, 6.45) is 0.710. The molecule has 0 atom stereocenters. The van der Waals surface area contributed by atoms with Crippen LogP contribution >= 0.6 is 0 Å². The van der Waals surface area contributed by atoms with Crippen LogP contribution in [-0.4, -0.2) is 23.8 Å². The number of carbonyl (C=O) groups is 2. The van der Waals surface area contributed by atoms with Gasteiger partial charge in [0, 0.05) is 12.0 Å². The van der Waals surface area contributed by atoms with Gasteiger partial charge in [-0.15, -0.1) is 0 Å². The number of hydrogen-bond acceptors (Lipinski definition) is 4. The topological polar surface area (TPSA) is 63.6 Å². The minimum absolute atomic E-state index is 0.0670. The highest BCUT2D eigenvalue weighted by Gasteiger charge is 2.14. The Morgan fingerprint density at radius 1 is 1.13 bits per heavy atom. The van der Waals surface area contributed by atoms with Crippen molar-refractivity contribution in [1.29, 1.82) is 0 Å². The minimum atomic E-state index is -0.142. The SMILES string of the molecule is COc1cc(CCC(=O)CC(=O)c2ccccc2C)ccc1O. The first-order chi connectivity index (χ1) is 11.0. The van der Waals surface area contributed by atoms with Gasteiger partial charge < -0.3 is 9.84 Å². The van der Waals surface area contributed by atoms with E-state index in [4.69, 9.17) is 4.74 Å². The summed E-state index contributed by atoms with van der Waals surface area (Å²) >= 11 is 0. The minimum Gasteiger partial charge on any atom is -0.504 e. The Hall–Kier alpha value is -2.62. The molecule has 0 aliphatic rings. The lowest BCUT2D eigenvalue weighted by atomic mass is 9.98. The second-order valence-electron chi connectivity index (χ2n) is 5.46. The van der Waals surface area contributed by atoms with Crippen molar-refractivity contribution in [2.24, 2.45) is 0 Å². The molecule has 4 heteroatoms. The largest absolute Gasteiger partial charge is 0.504 e. The van der Waals surface area contributed by atoms with Gasteiger partial charge in [-0.25, -0.2) is 0 Å². The highest BCUT2D eigenvalue weighted by molar-refractivity contribution is 6.08. The molecule has 0 saturated heterocycles. The lowest BCUT2D eigenvalue weighted by molar-refractivity contribution is -0.118. The van der Waals surface area contributed by atoms with E-state index in [1.54, 1.807) is 24.3 Å². The fourth-order valence-electron chi connectivity index (χ4n) is 2.41. The summed E-state index contributed by atoms with van der Waals surface area (Å²) in [6.45, 7) is 1.86. The maximum absolute atomic E-state index is 12.2. The van der Waals surface area contributed by atoms with E-state index in [0.717, 1.165) is 11.1 Å². The first kappa shape index (κ1) is 16.7. The molecule has 0 saturated carbocycles. The molecule has 0 fully saturated rings. The van der Waals surface area contributed by atoms with Crippen molar-refractivity contribution in [3.63, 3.8) is 0 Å². The van der Waals surface area contributed by atoms with Crippen LogP contribution < -0.4 is 4.74 Å². The van der Waals surface area contributed by atoms with Crippen LogP contribution in [0.1, 0.15) is 34.3 Å². The molecule has 0 aliphatic heterocycles. The molecule has 2 aromatic carbocycles. The van der Waals surface area contributed by atoms with Crippen LogP contribution in [0.25, 0.3) is 0 Å². The van der Waals surface area contributed by atoms with Crippen molar-refractivity contribution >= 4 is 11.6 Å². The number of benzene rings is 2. The van der Waals surface area contributed by atoms with E-state index in [-0.39, 0.29) is 30.2 Å². The van der Waals surface area contributed by atoms with Crippen molar-refractivity contribution in [1.82, 2.24) is 0 Å². The second kappa shape index (κ2) is 7.58. The molecule has 0 amide bonds. The molecule has 2 aromatic rings. The van der Waals surface area contributed by atoms with Crippen LogP contribution in [0.5, 0.6) is 11.5 Å². The standard InChI is InChI=1S/C19H20O4/c1-13-5-3-4-6-16(13)18(22)12-15(20)9-7-14-8-10-17(21)19(11-14)23-2/h3-6,8,10-11,21H,7,9,12H2,1-2H3. The van der Waals surface area contributed by atoms with Crippen molar-refractivity contribution in [3.05, 3.63) is 59.2 Å². The first-order valence-corrected chi connectivity index (χ1v) is 7.47. The number of phenolic OH excluding ortho intramolecular Hbond substituents is 1.